The maximum Gasteiger partial charge on any atom is 0.465 e. The van der Waals surface area contributed by atoms with Crippen molar-refractivity contribution in [1.82, 2.24) is 0 Å². The molecule has 2 rings (SSSR count). The largest absolute Gasteiger partial charge is 0.465 e. The Kier molecular flexibility index (Phi) is 6.80. The van der Waals surface area contributed by atoms with Gasteiger partial charge in [0.2, 0.25) is 0 Å². The zero-order valence-corrected chi connectivity index (χ0v) is 15.5. The summed E-state index contributed by atoms with van der Waals surface area (Å²) in [6.07, 6.45) is 1.92. The third kappa shape index (κ3) is 5.38. The summed E-state index contributed by atoms with van der Waals surface area (Å²) in [6.45, 7) is 8.16. The third-order valence-electron chi connectivity index (χ3n) is 4.87. The van der Waals surface area contributed by atoms with Crippen LogP contribution in [-0.4, -0.2) is 36.6 Å². The van der Waals surface area contributed by atoms with Gasteiger partial charge in [-0.2, -0.15) is 0 Å². The fourth-order valence-corrected chi connectivity index (χ4v) is 2.63. The number of allylic oxidation sites excluding steroid dienone is 1. The molecule has 1 fully saturated rings. The Morgan fingerprint density at radius 3 is 2.36 bits per heavy atom. The molecule has 25 heavy (non-hydrogen) atoms. The van der Waals surface area contributed by atoms with E-state index in [1.165, 1.54) is 6.08 Å². The van der Waals surface area contributed by atoms with E-state index >= 15 is 0 Å². The minimum absolute atomic E-state index is 0.330. The minimum Gasteiger partial charge on any atom is -0.403 e. The van der Waals surface area contributed by atoms with Gasteiger partial charge in [-0.05, 0) is 45.8 Å². The molecule has 0 amide bonds. The van der Waals surface area contributed by atoms with Crippen LogP contribution in [0.1, 0.15) is 39.7 Å². The summed E-state index contributed by atoms with van der Waals surface area (Å²) >= 11 is 0. The van der Waals surface area contributed by atoms with E-state index < -0.39 is 30.8 Å². The normalized spacial score (nSPS) is 20.7. The number of ether oxygens (including phenoxy) is 1. The van der Waals surface area contributed by atoms with Gasteiger partial charge in [0.25, 0.3) is 0 Å². The summed E-state index contributed by atoms with van der Waals surface area (Å²) in [5, 5.41) is 9.00. The van der Waals surface area contributed by atoms with Crippen molar-refractivity contribution < 1.29 is 23.5 Å². The highest BCUT2D eigenvalue weighted by Crippen LogP contribution is 2.41. The first kappa shape index (κ1) is 20.1. The maximum absolute atomic E-state index is 13.7. The Bertz CT molecular complexity index is 558. The van der Waals surface area contributed by atoms with Gasteiger partial charge in [-0.25, -0.2) is 4.39 Å². The van der Waals surface area contributed by atoms with Crippen LogP contribution >= 0.6 is 0 Å². The third-order valence-corrected chi connectivity index (χ3v) is 4.87. The SMILES string of the molecule is CC1(C)OB([C@@H](/C=C(\F)CO)CCOCc2ccccc2)OC1(C)C. The predicted octanol–water partition coefficient (Wildman–Crippen LogP) is 3.90. The first-order valence-electron chi connectivity index (χ1n) is 8.69. The number of hydrogen-bond acceptors (Lipinski definition) is 4. The van der Waals surface area contributed by atoms with Gasteiger partial charge in [-0.3, -0.25) is 0 Å². The van der Waals surface area contributed by atoms with Gasteiger partial charge in [0.05, 0.1) is 24.4 Å². The van der Waals surface area contributed by atoms with Crippen LogP contribution in [0.3, 0.4) is 0 Å². The van der Waals surface area contributed by atoms with Crippen LogP contribution < -0.4 is 0 Å². The van der Waals surface area contributed by atoms with Crippen molar-refractivity contribution in [3.8, 4) is 0 Å². The lowest BCUT2D eigenvalue weighted by Gasteiger charge is -2.32. The summed E-state index contributed by atoms with van der Waals surface area (Å²) in [5.41, 5.74) is 0.126. The van der Waals surface area contributed by atoms with Gasteiger partial charge < -0.3 is 19.2 Å². The number of hydrogen-bond donors (Lipinski definition) is 1. The monoisotopic (exact) mass is 350 g/mol. The standard InChI is InChI=1S/C19H28BFO4/c1-18(2)19(3,4)25-20(24-18)16(12-17(21)13-22)10-11-23-14-15-8-6-5-7-9-15/h5-9,12,16,22H,10-11,13-14H2,1-4H3/b17-12-/t16-/m1/s1. The Balaban J connectivity index is 1.95. The van der Waals surface area contributed by atoms with Crippen LogP contribution in [0.4, 0.5) is 4.39 Å². The molecular formula is C19H28BFO4. The van der Waals surface area contributed by atoms with Gasteiger partial charge in [-0.15, -0.1) is 0 Å². The quantitative estimate of drug-likeness (QED) is 0.571. The van der Waals surface area contributed by atoms with Crippen molar-refractivity contribution in [2.75, 3.05) is 13.2 Å². The molecule has 4 nitrogen and oxygen atoms in total. The van der Waals surface area contributed by atoms with E-state index in [1.54, 1.807) is 0 Å². The van der Waals surface area contributed by atoms with E-state index in [0.29, 0.717) is 19.6 Å². The second-order valence-corrected chi connectivity index (χ2v) is 7.39. The molecule has 0 aromatic heterocycles. The molecule has 1 N–H and O–H groups in total. The van der Waals surface area contributed by atoms with Crippen molar-refractivity contribution >= 4 is 7.12 Å². The Hall–Kier alpha value is -1.21. The number of aliphatic hydroxyl groups excluding tert-OH is 1. The molecule has 1 aliphatic rings. The maximum atomic E-state index is 13.7. The molecule has 1 aromatic carbocycles. The van der Waals surface area contributed by atoms with E-state index in [9.17, 15) is 4.39 Å². The van der Waals surface area contributed by atoms with Gasteiger partial charge in [0.1, 0.15) is 5.83 Å². The van der Waals surface area contributed by atoms with E-state index in [0.717, 1.165) is 5.56 Å². The highest BCUT2D eigenvalue weighted by Gasteiger charge is 2.53. The fourth-order valence-electron chi connectivity index (χ4n) is 2.63. The van der Waals surface area contributed by atoms with Crippen molar-refractivity contribution in [2.24, 2.45) is 0 Å². The lowest BCUT2D eigenvalue weighted by Crippen LogP contribution is -2.41. The average molecular weight is 350 g/mol. The molecule has 138 valence electrons. The topological polar surface area (TPSA) is 47.9 Å². The average Bonchev–Trinajstić information content (AvgIpc) is 2.79. The predicted molar refractivity (Wildman–Crippen MR) is 96.8 cm³/mol. The molecule has 0 unspecified atom stereocenters. The van der Waals surface area contributed by atoms with Crippen LogP contribution in [0.25, 0.3) is 0 Å². The highest BCUT2D eigenvalue weighted by molar-refractivity contribution is 6.48. The van der Waals surface area contributed by atoms with Gasteiger partial charge in [0, 0.05) is 12.4 Å². The zero-order valence-electron chi connectivity index (χ0n) is 15.5. The Morgan fingerprint density at radius 1 is 1.20 bits per heavy atom. The summed E-state index contributed by atoms with van der Waals surface area (Å²) < 4.78 is 31.4. The molecule has 1 aromatic rings. The first-order chi connectivity index (χ1) is 11.7. The number of halogens is 1. The molecule has 0 aliphatic carbocycles. The fraction of sp³-hybridized carbons (Fsp3) is 0.579. The second kappa shape index (κ2) is 8.45. The molecular weight excluding hydrogens is 322 g/mol. The summed E-state index contributed by atoms with van der Waals surface area (Å²) in [5.74, 6) is -0.910. The molecule has 6 heteroatoms. The highest BCUT2D eigenvalue weighted by atomic mass is 19.1. The van der Waals surface area contributed by atoms with Crippen LogP contribution in [0.5, 0.6) is 0 Å². The first-order valence-corrected chi connectivity index (χ1v) is 8.69. The van der Waals surface area contributed by atoms with E-state index in [2.05, 4.69) is 0 Å². The van der Waals surface area contributed by atoms with Crippen molar-refractivity contribution in [2.45, 2.75) is 57.7 Å². The number of rotatable bonds is 8. The number of benzene rings is 1. The van der Waals surface area contributed by atoms with Crippen LogP contribution in [0.2, 0.25) is 5.82 Å². The van der Waals surface area contributed by atoms with Crippen molar-refractivity contribution in [1.29, 1.82) is 0 Å². The lowest BCUT2D eigenvalue weighted by atomic mass is 9.70. The number of aliphatic hydroxyl groups is 1. The van der Waals surface area contributed by atoms with E-state index in [4.69, 9.17) is 19.2 Å². The van der Waals surface area contributed by atoms with Crippen molar-refractivity contribution in [3.63, 3.8) is 0 Å². The van der Waals surface area contributed by atoms with Crippen LogP contribution in [0, 0.1) is 0 Å². The van der Waals surface area contributed by atoms with E-state index in [-0.39, 0.29) is 5.82 Å². The molecule has 0 radical (unpaired) electrons. The molecule has 0 spiro atoms. The Morgan fingerprint density at radius 2 is 1.80 bits per heavy atom. The minimum atomic E-state index is -0.624. The summed E-state index contributed by atoms with van der Waals surface area (Å²) in [4.78, 5) is 0. The Labute approximate surface area is 150 Å². The lowest BCUT2D eigenvalue weighted by molar-refractivity contribution is 0.00578. The molecule has 1 atom stereocenters. The van der Waals surface area contributed by atoms with Crippen molar-refractivity contribution in [3.05, 3.63) is 47.8 Å². The zero-order chi connectivity index (χ0) is 18.5. The van der Waals surface area contributed by atoms with Crippen LogP contribution in [-0.2, 0) is 20.7 Å². The van der Waals surface area contributed by atoms with Crippen LogP contribution in [0.15, 0.2) is 42.2 Å². The van der Waals surface area contributed by atoms with Gasteiger partial charge in [-0.1, -0.05) is 30.3 Å². The molecule has 0 saturated carbocycles. The molecule has 1 aliphatic heterocycles. The molecule has 0 bridgehead atoms. The summed E-state index contributed by atoms with van der Waals surface area (Å²) in [6, 6.07) is 9.88. The smallest absolute Gasteiger partial charge is 0.403 e. The second-order valence-electron chi connectivity index (χ2n) is 7.39. The molecule has 1 saturated heterocycles. The molecule has 1 heterocycles. The summed E-state index contributed by atoms with van der Waals surface area (Å²) in [7, 11) is -0.567. The van der Waals surface area contributed by atoms with Gasteiger partial charge in [0.15, 0.2) is 0 Å². The van der Waals surface area contributed by atoms with Gasteiger partial charge >= 0.3 is 7.12 Å². The van der Waals surface area contributed by atoms with E-state index in [1.807, 2.05) is 58.0 Å².